The molecule has 0 fully saturated rings. The van der Waals surface area contributed by atoms with Crippen LogP contribution in [0.15, 0.2) is 85.2 Å². The number of hydrogen-bond acceptors (Lipinski definition) is 3. The number of nitrogens with zero attached hydrogens (tertiary/aromatic N) is 2. The van der Waals surface area contributed by atoms with Crippen LogP contribution in [0.4, 0.5) is 0 Å². The monoisotopic (exact) mass is 435 g/mol. The fourth-order valence-corrected chi connectivity index (χ4v) is 4.50. The molecule has 1 heterocycles. The number of carbonyl (C=O) groups is 2. The highest BCUT2D eigenvalue weighted by atomic mass is 16.2. The molecule has 1 aliphatic rings. The Hall–Kier alpha value is -3.99. The fourth-order valence-electron chi connectivity index (χ4n) is 4.50. The molecule has 0 aliphatic heterocycles. The molecule has 0 saturated carbocycles. The van der Waals surface area contributed by atoms with Crippen LogP contribution in [0.25, 0.3) is 11.1 Å². The van der Waals surface area contributed by atoms with Gasteiger partial charge >= 0.3 is 0 Å². The van der Waals surface area contributed by atoms with Crippen LogP contribution in [0.3, 0.4) is 0 Å². The Balaban J connectivity index is 1.28. The second-order valence-electron chi connectivity index (χ2n) is 8.44. The zero-order valence-corrected chi connectivity index (χ0v) is 18.5. The molecular formula is C28H25N3O2. The predicted molar refractivity (Wildman–Crippen MR) is 128 cm³/mol. The largest absolute Gasteiger partial charge is 0.342 e. The summed E-state index contributed by atoms with van der Waals surface area (Å²) in [4.78, 5) is 30.1. The number of ketones is 1. The van der Waals surface area contributed by atoms with Crippen LogP contribution in [0, 0.1) is 0 Å². The Bertz CT molecular complexity index is 1320. The molecule has 1 N–H and O–H groups in total. The van der Waals surface area contributed by atoms with Crippen molar-refractivity contribution in [3.8, 4) is 11.1 Å². The number of benzene rings is 3. The van der Waals surface area contributed by atoms with E-state index in [1.54, 1.807) is 6.20 Å². The first-order valence-electron chi connectivity index (χ1n) is 11.2. The number of carbonyl (C=O) groups excluding carboxylic acids is 2. The second-order valence-corrected chi connectivity index (χ2v) is 8.44. The minimum absolute atomic E-state index is 0.0226. The van der Waals surface area contributed by atoms with E-state index in [4.69, 9.17) is 0 Å². The highest BCUT2D eigenvalue weighted by molar-refractivity contribution is 5.99. The number of Topliss-reactive ketones (excluding diaryl/α,β-unsaturated/α-hetero) is 1. The van der Waals surface area contributed by atoms with Gasteiger partial charge in [-0.15, -0.1) is 0 Å². The molecule has 5 rings (SSSR count). The normalized spacial score (nSPS) is 12.6. The molecule has 33 heavy (non-hydrogen) atoms. The summed E-state index contributed by atoms with van der Waals surface area (Å²) < 4.78 is 1.89. The summed E-state index contributed by atoms with van der Waals surface area (Å²) in [6.07, 6.45) is 4.75. The van der Waals surface area contributed by atoms with Gasteiger partial charge in [-0.3, -0.25) is 9.59 Å². The maximum absolute atomic E-state index is 12.9. The van der Waals surface area contributed by atoms with Gasteiger partial charge in [0.1, 0.15) is 11.9 Å². The smallest absolute Gasteiger partial charge is 0.221 e. The van der Waals surface area contributed by atoms with Gasteiger partial charge in [-0.1, -0.05) is 66.7 Å². The highest BCUT2D eigenvalue weighted by Crippen LogP contribution is 2.37. The molecule has 0 radical (unpaired) electrons. The minimum Gasteiger partial charge on any atom is -0.342 e. The Kier molecular flexibility index (Phi) is 5.61. The quantitative estimate of drug-likeness (QED) is 0.371. The molecule has 0 bridgehead atoms. The van der Waals surface area contributed by atoms with Crippen molar-refractivity contribution < 1.29 is 9.59 Å². The zero-order valence-electron chi connectivity index (χ0n) is 18.5. The molecule has 1 atom stereocenters. The molecular weight excluding hydrogens is 410 g/mol. The summed E-state index contributed by atoms with van der Waals surface area (Å²) in [6, 6.07) is 23.6. The fraction of sp³-hybridized carbons (Fsp3) is 0.179. The molecule has 0 spiro atoms. The third-order valence-corrected chi connectivity index (χ3v) is 6.25. The average molecular weight is 436 g/mol. The van der Waals surface area contributed by atoms with Crippen molar-refractivity contribution in [2.75, 3.05) is 0 Å². The van der Waals surface area contributed by atoms with Crippen molar-refractivity contribution in [2.45, 2.75) is 25.3 Å². The molecule has 1 aliphatic carbocycles. The summed E-state index contributed by atoms with van der Waals surface area (Å²) in [5, 5.41) is 3.06. The van der Waals surface area contributed by atoms with Gasteiger partial charge in [0.2, 0.25) is 5.91 Å². The van der Waals surface area contributed by atoms with Gasteiger partial charge in [0, 0.05) is 37.8 Å². The maximum atomic E-state index is 12.9. The number of amides is 1. The minimum atomic E-state index is -0.370. The predicted octanol–water partition coefficient (Wildman–Crippen LogP) is 4.86. The van der Waals surface area contributed by atoms with Crippen molar-refractivity contribution in [1.29, 1.82) is 0 Å². The van der Waals surface area contributed by atoms with Crippen LogP contribution < -0.4 is 5.32 Å². The van der Waals surface area contributed by atoms with Crippen LogP contribution in [-0.4, -0.2) is 21.2 Å². The molecule has 0 saturated heterocycles. The SMILES string of the molecule is Cn1ccnc1C(NC(=O)CCC(=O)c1ccc2c(c1)-c1ccccc1C2)c1ccccc1. The van der Waals surface area contributed by atoms with E-state index in [9.17, 15) is 9.59 Å². The third-order valence-electron chi connectivity index (χ3n) is 6.25. The lowest BCUT2D eigenvalue weighted by Gasteiger charge is -2.19. The molecule has 1 unspecified atom stereocenters. The van der Waals surface area contributed by atoms with Crippen LogP contribution in [-0.2, 0) is 18.3 Å². The second kappa shape index (κ2) is 8.87. The van der Waals surface area contributed by atoms with Gasteiger partial charge in [-0.05, 0) is 40.3 Å². The van der Waals surface area contributed by atoms with Crippen molar-refractivity contribution in [3.05, 3.63) is 113 Å². The molecule has 4 aromatic rings. The van der Waals surface area contributed by atoms with Gasteiger partial charge < -0.3 is 9.88 Å². The first-order valence-corrected chi connectivity index (χ1v) is 11.2. The Morgan fingerprint density at radius 3 is 2.48 bits per heavy atom. The number of nitrogens with one attached hydrogen (secondary N) is 1. The molecule has 1 amide bonds. The summed E-state index contributed by atoms with van der Waals surface area (Å²) in [5.41, 5.74) is 6.45. The average Bonchev–Trinajstić information content (AvgIpc) is 3.44. The van der Waals surface area contributed by atoms with Gasteiger partial charge in [-0.2, -0.15) is 0 Å². The summed E-state index contributed by atoms with van der Waals surface area (Å²) in [5.74, 6) is 0.551. The molecule has 5 nitrogen and oxygen atoms in total. The number of hydrogen-bond donors (Lipinski definition) is 1. The van der Waals surface area contributed by atoms with E-state index < -0.39 is 0 Å². The molecule has 3 aromatic carbocycles. The molecule has 164 valence electrons. The van der Waals surface area contributed by atoms with E-state index in [1.165, 1.54) is 16.7 Å². The van der Waals surface area contributed by atoms with Gasteiger partial charge in [0.05, 0.1) is 0 Å². The van der Waals surface area contributed by atoms with Crippen LogP contribution in [0.1, 0.15) is 51.8 Å². The summed E-state index contributed by atoms with van der Waals surface area (Å²) in [7, 11) is 1.90. The van der Waals surface area contributed by atoms with Gasteiger partial charge in [0.25, 0.3) is 0 Å². The first kappa shape index (κ1) is 20.9. The lowest BCUT2D eigenvalue weighted by Crippen LogP contribution is -2.31. The number of imidazole rings is 1. The molecule has 5 heteroatoms. The van der Waals surface area contributed by atoms with Crippen molar-refractivity contribution >= 4 is 11.7 Å². The van der Waals surface area contributed by atoms with Crippen LogP contribution in [0.2, 0.25) is 0 Å². The van der Waals surface area contributed by atoms with Crippen molar-refractivity contribution in [2.24, 2.45) is 7.05 Å². The van der Waals surface area contributed by atoms with E-state index in [2.05, 4.69) is 22.4 Å². The zero-order chi connectivity index (χ0) is 22.8. The molecule has 1 aromatic heterocycles. The van der Waals surface area contributed by atoms with Crippen LogP contribution in [0.5, 0.6) is 0 Å². The lowest BCUT2D eigenvalue weighted by atomic mass is 9.99. The highest BCUT2D eigenvalue weighted by Gasteiger charge is 2.22. The van der Waals surface area contributed by atoms with Gasteiger partial charge in [-0.25, -0.2) is 4.98 Å². The van der Waals surface area contributed by atoms with Crippen molar-refractivity contribution in [1.82, 2.24) is 14.9 Å². The van der Waals surface area contributed by atoms with E-state index in [0.29, 0.717) is 5.56 Å². The standard InChI is InChI=1S/C28H25N3O2/c1-31-16-15-29-28(31)27(19-7-3-2-4-8-19)30-26(33)14-13-25(32)22-12-11-21-17-20-9-5-6-10-23(20)24(21)18-22/h2-12,15-16,18,27H,13-14,17H2,1H3,(H,30,33). The Morgan fingerprint density at radius 2 is 1.70 bits per heavy atom. The van der Waals surface area contributed by atoms with Crippen LogP contribution >= 0.6 is 0 Å². The maximum Gasteiger partial charge on any atom is 0.221 e. The van der Waals surface area contributed by atoms with E-state index in [0.717, 1.165) is 23.4 Å². The number of fused-ring (bicyclic) bond motifs is 3. The first-order chi connectivity index (χ1) is 16.1. The topological polar surface area (TPSA) is 64.0 Å². The van der Waals surface area contributed by atoms with E-state index >= 15 is 0 Å². The number of aryl methyl sites for hydroxylation is 1. The van der Waals surface area contributed by atoms with E-state index in [1.807, 2.05) is 78.5 Å². The summed E-state index contributed by atoms with van der Waals surface area (Å²) in [6.45, 7) is 0. The third kappa shape index (κ3) is 4.22. The Morgan fingerprint density at radius 1 is 0.939 bits per heavy atom. The number of aromatic nitrogens is 2. The number of rotatable bonds is 7. The van der Waals surface area contributed by atoms with Crippen molar-refractivity contribution in [3.63, 3.8) is 0 Å². The Labute approximate surface area is 193 Å². The lowest BCUT2D eigenvalue weighted by molar-refractivity contribution is -0.121. The summed E-state index contributed by atoms with van der Waals surface area (Å²) >= 11 is 0. The van der Waals surface area contributed by atoms with E-state index in [-0.39, 0.29) is 30.6 Å². The van der Waals surface area contributed by atoms with Gasteiger partial charge in [0.15, 0.2) is 5.78 Å².